The van der Waals surface area contributed by atoms with Crippen LogP contribution in [0.3, 0.4) is 0 Å². The molecule has 19 heavy (non-hydrogen) atoms. The number of morpholine rings is 1. The maximum absolute atomic E-state index is 6.08. The van der Waals surface area contributed by atoms with E-state index >= 15 is 0 Å². The van der Waals surface area contributed by atoms with Crippen molar-refractivity contribution in [2.45, 2.75) is 56.3 Å². The fraction of sp³-hybridized carbons (Fsp3) is 1.00. The van der Waals surface area contributed by atoms with Crippen LogP contribution in [0.2, 0.25) is 0 Å². The van der Waals surface area contributed by atoms with E-state index in [-0.39, 0.29) is 0 Å². The highest BCUT2D eigenvalue weighted by molar-refractivity contribution is 4.91. The first-order valence-corrected chi connectivity index (χ1v) is 8.21. The Morgan fingerprint density at radius 2 is 1.95 bits per heavy atom. The molecule has 4 fully saturated rings. The van der Waals surface area contributed by atoms with Crippen molar-refractivity contribution >= 4 is 0 Å². The number of hydrogen-bond donors (Lipinski definition) is 1. The summed E-state index contributed by atoms with van der Waals surface area (Å²) < 4.78 is 6.08. The van der Waals surface area contributed by atoms with Crippen LogP contribution in [0, 0.1) is 0 Å². The van der Waals surface area contributed by atoms with Crippen molar-refractivity contribution < 1.29 is 4.74 Å². The Kier molecular flexibility index (Phi) is 3.52. The average molecular weight is 265 g/mol. The molecule has 4 nitrogen and oxygen atoms in total. The van der Waals surface area contributed by atoms with Crippen LogP contribution in [0.4, 0.5) is 0 Å². The van der Waals surface area contributed by atoms with Gasteiger partial charge in [0.1, 0.15) is 0 Å². The highest BCUT2D eigenvalue weighted by atomic mass is 16.5. The second kappa shape index (κ2) is 5.32. The van der Waals surface area contributed by atoms with E-state index < -0.39 is 0 Å². The molecule has 3 unspecified atom stereocenters. The molecule has 1 aliphatic carbocycles. The van der Waals surface area contributed by atoms with Crippen molar-refractivity contribution in [3.8, 4) is 0 Å². The molecule has 0 aromatic carbocycles. The lowest BCUT2D eigenvalue weighted by Gasteiger charge is -2.36. The molecular weight excluding hydrogens is 238 g/mol. The van der Waals surface area contributed by atoms with Gasteiger partial charge in [-0.2, -0.15) is 0 Å². The Balaban J connectivity index is 1.23. The van der Waals surface area contributed by atoms with E-state index in [2.05, 4.69) is 15.1 Å². The summed E-state index contributed by atoms with van der Waals surface area (Å²) in [7, 11) is 0. The lowest BCUT2D eigenvalue weighted by molar-refractivity contribution is -0.0591. The van der Waals surface area contributed by atoms with E-state index in [1.165, 1.54) is 58.3 Å². The van der Waals surface area contributed by atoms with Crippen molar-refractivity contribution in [3.63, 3.8) is 0 Å². The smallest absolute Gasteiger partial charge is 0.0829 e. The Bertz CT molecular complexity index is 321. The quantitative estimate of drug-likeness (QED) is 0.809. The Morgan fingerprint density at radius 3 is 2.84 bits per heavy atom. The molecule has 4 aliphatic rings. The van der Waals surface area contributed by atoms with Crippen molar-refractivity contribution in [1.82, 2.24) is 15.1 Å². The van der Waals surface area contributed by atoms with Gasteiger partial charge in [0.15, 0.2) is 0 Å². The molecule has 3 atom stereocenters. The summed E-state index contributed by atoms with van der Waals surface area (Å²) in [6.07, 6.45) is 7.31. The number of fused-ring (bicyclic) bond motifs is 1. The fourth-order valence-corrected chi connectivity index (χ4v) is 4.00. The van der Waals surface area contributed by atoms with Crippen molar-refractivity contribution in [1.29, 1.82) is 0 Å². The van der Waals surface area contributed by atoms with Gasteiger partial charge in [-0.1, -0.05) is 0 Å². The van der Waals surface area contributed by atoms with Gasteiger partial charge in [0, 0.05) is 37.8 Å². The highest BCUT2D eigenvalue weighted by Crippen LogP contribution is 2.25. The third-order valence-electron chi connectivity index (χ3n) is 5.24. The van der Waals surface area contributed by atoms with Gasteiger partial charge in [-0.3, -0.25) is 9.80 Å². The summed E-state index contributed by atoms with van der Waals surface area (Å²) in [6, 6.07) is 2.33. The molecule has 108 valence electrons. The molecule has 0 radical (unpaired) electrons. The lowest BCUT2D eigenvalue weighted by Crippen LogP contribution is -2.50. The van der Waals surface area contributed by atoms with Crippen LogP contribution in [0.5, 0.6) is 0 Å². The molecule has 0 spiro atoms. The zero-order valence-corrected chi connectivity index (χ0v) is 11.9. The molecule has 0 aromatic heterocycles. The lowest BCUT2D eigenvalue weighted by atomic mass is 10.2. The van der Waals surface area contributed by atoms with Crippen molar-refractivity contribution in [2.24, 2.45) is 0 Å². The minimum atomic E-state index is 0.453. The molecule has 0 bridgehead atoms. The number of ether oxygens (including phenoxy) is 1. The van der Waals surface area contributed by atoms with Crippen LogP contribution >= 0.6 is 0 Å². The predicted molar refractivity (Wildman–Crippen MR) is 75.3 cm³/mol. The zero-order chi connectivity index (χ0) is 12.7. The Morgan fingerprint density at radius 1 is 1.00 bits per heavy atom. The Hall–Kier alpha value is -0.160. The molecule has 4 rings (SSSR count). The third kappa shape index (κ3) is 2.97. The van der Waals surface area contributed by atoms with E-state index in [4.69, 9.17) is 4.74 Å². The summed E-state index contributed by atoms with van der Waals surface area (Å²) in [4.78, 5) is 5.27. The van der Waals surface area contributed by atoms with Crippen LogP contribution < -0.4 is 5.32 Å². The summed E-state index contributed by atoms with van der Waals surface area (Å²) >= 11 is 0. The molecule has 1 saturated carbocycles. The first-order chi connectivity index (χ1) is 9.37. The van der Waals surface area contributed by atoms with E-state index in [9.17, 15) is 0 Å². The van der Waals surface area contributed by atoms with Gasteiger partial charge >= 0.3 is 0 Å². The summed E-state index contributed by atoms with van der Waals surface area (Å²) in [5.74, 6) is 0. The number of nitrogens with zero attached hydrogens (tertiary/aromatic N) is 2. The molecular formula is C15H27N3O. The number of rotatable bonds is 4. The van der Waals surface area contributed by atoms with Crippen LogP contribution in [0.15, 0.2) is 0 Å². The van der Waals surface area contributed by atoms with Gasteiger partial charge in [-0.05, 0) is 45.2 Å². The number of likely N-dealkylation sites (tertiary alicyclic amines) is 1. The summed E-state index contributed by atoms with van der Waals surface area (Å²) in [5.41, 5.74) is 0. The minimum absolute atomic E-state index is 0.453. The van der Waals surface area contributed by atoms with E-state index in [0.717, 1.165) is 31.3 Å². The van der Waals surface area contributed by atoms with Gasteiger partial charge in [0.25, 0.3) is 0 Å². The number of nitrogens with one attached hydrogen (secondary N) is 1. The molecule has 1 N–H and O–H groups in total. The monoisotopic (exact) mass is 265 g/mol. The van der Waals surface area contributed by atoms with Crippen LogP contribution in [0.25, 0.3) is 0 Å². The molecule has 0 amide bonds. The SMILES string of the molecule is C1CC2COC(CN3CCC(NC4CC4)C3)CN2C1. The van der Waals surface area contributed by atoms with E-state index in [1.54, 1.807) is 0 Å². The molecule has 3 aliphatic heterocycles. The number of hydrogen-bond acceptors (Lipinski definition) is 4. The van der Waals surface area contributed by atoms with Crippen LogP contribution in [-0.2, 0) is 4.74 Å². The van der Waals surface area contributed by atoms with Crippen molar-refractivity contribution in [2.75, 3.05) is 39.3 Å². The molecule has 3 heterocycles. The first kappa shape index (κ1) is 12.6. The van der Waals surface area contributed by atoms with E-state index in [0.29, 0.717) is 6.10 Å². The van der Waals surface area contributed by atoms with E-state index in [1.807, 2.05) is 0 Å². The largest absolute Gasteiger partial charge is 0.374 e. The van der Waals surface area contributed by atoms with Crippen molar-refractivity contribution in [3.05, 3.63) is 0 Å². The maximum Gasteiger partial charge on any atom is 0.0829 e. The topological polar surface area (TPSA) is 27.7 Å². The third-order valence-corrected chi connectivity index (χ3v) is 5.24. The first-order valence-electron chi connectivity index (χ1n) is 8.21. The fourth-order valence-electron chi connectivity index (χ4n) is 4.00. The van der Waals surface area contributed by atoms with Gasteiger partial charge in [0.05, 0.1) is 12.7 Å². The second-order valence-electron chi connectivity index (χ2n) is 6.93. The van der Waals surface area contributed by atoms with Crippen LogP contribution in [-0.4, -0.2) is 73.4 Å². The zero-order valence-electron chi connectivity index (χ0n) is 11.9. The normalized spacial score (nSPS) is 40.7. The maximum atomic E-state index is 6.08. The standard InChI is InChI=1S/C15H27N3O/c1-2-14-11-19-15(10-18(14)6-1)9-17-7-5-13(8-17)16-12-3-4-12/h12-16H,1-11H2. The predicted octanol–water partition coefficient (Wildman–Crippen LogP) is 0.676. The highest BCUT2D eigenvalue weighted by Gasteiger charge is 2.34. The summed E-state index contributed by atoms with van der Waals surface area (Å²) in [5, 5.41) is 3.76. The molecule has 4 heteroatoms. The second-order valence-corrected chi connectivity index (χ2v) is 6.93. The van der Waals surface area contributed by atoms with Gasteiger partial charge in [0.2, 0.25) is 0 Å². The van der Waals surface area contributed by atoms with Gasteiger partial charge in [-0.15, -0.1) is 0 Å². The van der Waals surface area contributed by atoms with Crippen LogP contribution in [0.1, 0.15) is 32.1 Å². The van der Waals surface area contributed by atoms with Gasteiger partial charge in [-0.25, -0.2) is 0 Å². The molecule has 0 aromatic rings. The average Bonchev–Trinajstić information content (AvgIpc) is 2.93. The Labute approximate surface area is 116 Å². The minimum Gasteiger partial charge on any atom is -0.374 e. The molecule has 3 saturated heterocycles. The summed E-state index contributed by atoms with van der Waals surface area (Å²) in [6.45, 7) is 7.08. The van der Waals surface area contributed by atoms with Gasteiger partial charge < -0.3 is 10.1 Å².